The fourth-order valence-corrected chi connectivity index (χ4v) is 4.01. The Bertz CT molecular complexity index is 1270. The van der Waals surface area contributed by atoms with Crippen LogP contribution >= 0.6 is 0 Å². The summed E-state index contributed by atoms with van der Waals surface area (Å²) in [5.74, 6) is 2.06. The molecule has 148 valence electrons. The third kappa shape index (κ3) is 3.79. The molecule has 0 bridgehead atoms. The quantitative estimate of drug-likeness (QED) is 0.306. The number of aryl methyl sites for hydroxylation is 1. The summed E-state index contributed by atoms with van der Waals surface area (Å²) in [7, 11) is 0. The van der Waals surface area contributed by atoms with Crippen LogP contribution in [0.1, 0.15) is 17.8 Å². The van der Waals surface area contributed by atoms with E-state index in [0.717, 1.165) is 41.9 Å². The van der Waals surface area contributed by atoms with Crippen molar-refractivity contribution < 1.29 is 4.74 Å². The van der Waals surface area contributed by atoms with E-state index in [1.807, 2.05) is 0 Å². The van der Waals surface area contributed by atoms with E-state index in [-0.39, 0.29) is 0 Å². The number of para-hydroxylation sites is 2. The summed E-state index contributed by atoms with van der Waals surface area (Å²) in [6.07, 6.45) is 1.76. The maximum Gasteiger partial charge on any atom is 0.127 e. The van der Waals surface area contributed by atoms with Gasteiger partial charge in [0.15, 0.2) is 0 Å². The molecule has 0 atom stereocenters. The number of ether oxygens (including phenoxy) is 1. The summed E-state index contributed by atoms with van der Waals surface area (Å²) in [5, 5.41) is 2.37. The molecule has 0 saturated heterocycles. The first-order valence-electron chi connectivity index (χ1n) is 10.5. The number of imidazole rings is 1. The predicted molar refractivity (Wildman–Crippen MR) is 123 cm³/mol. The average Bonchev–Trinajstić information content (AvgIpc) is 3.14. The monoisotopic (exact) mass is 392 g/mol. The Morgan fingerprint density at radius 3 is 2.43 bits per heavy atom. The van der Waals surface area contributed by atoms with Crippen molar-refractivity contribution in [2.45, 2.75) is 19.4 Å². The van der Waals surface area contributed by atoms with Crippen LogP contribution in [0.25, 0.3) is 21.8 Å². The summed E-state index contributed by atoms with van der Waals surface area (Å²) in [5.41, 5.74) is 3.52. The van der Waals surface area contributed by atoms with E-state index in [0.29, 0.717) is 6.61 Å². The van der Waals surface area contributed by atoms with Gasteiger partial charge in [-0.05, 0) is 35.6 Å². The van der Waals surface area contributed by atoms with Crippen molar-refractivity contribution in [1.82, 2.24) is 9.55 Å². The minimum atomic E-state index is 0.672. The zero-order chi connectivity index (χ0) is 20.2. The third-order valence-electron chi connectivity index (χ3n) is 5.47. The Morgan fingerprint density at radius 2 is 1.50 bits per heavy atom. The van der Waals surface area contributed by atoms with Crippen molar-refractivity contribution in [3.63, 3.8) is 0 Å². The molecule has 3 nitrogen and oxygen atoms in total. The highest BCUT2D eigenvalue weighted by Crippen LogP contribution is 2.25. The summed E-state index contributed by atoms with van der Waals surface area (Å²) < 4.78 is 8.50. The van der Waals surface area contributed by atoms with E-state index < -0.39 is 0 Å². The van der Waals surface area contributed by atoms with Gasteiger partial charge in [-0.25, -0.2) is 4.98 Å². The maximum absolute atomic E-state index is 6.15. The molecular formula is C27H24N2O. The maximum atomic E-state index is 6.15. The highest BCUT2D eigenvalue weighted by Gasteiger charge is 2.11. The van der Waals surface area contributed by atoms with Crippen LogP contribution in [-0.2, 0) is 13.0 Å². The lowest BCUT2D eigenvalue weighted by atomic mass is 10.1. The molecule has 0 amide bonds. The molecule has 5 aromatic rings. The molecule has 0 spiro atoms. The molecule has 30 heavy (non-hydrogen) atoms. The van der Waals surface area contributed by atoms with Gasteiger partial charge in [0.2, 0.25) is 0 Å². The standard InChI is InChI=1S/C27H24N2O/c1-2-10-21(11-3-1)20-27-28-24-15-6-7-16-25(24)29(27)18-9-19-30-26-17-8-13-22-12-4-5-14-23(22)26/h1-8,10-17H,9,18-20H2. The lowest BCUT2D eigenvalue weighted by Crippen LogP contribution is -2.08. The molecule has 0 aliphatic carbocycles. The number of fused-ring (bicyclic) bond motifs is 2. The van der Waals surface area contributed by atoms with Crippen LogP contribution in [0.2, 0.25) is 0 Å². The van der Waals surface area contributed by atoms with Gasteiger partial charge >= 0.3 is 0 Å². The molecule has 3 heteroatoms. The van der Waals surface area contributed by atoms with Crippen LogP contribution in [0, 0.1) is 0 Å². The van der Waals surface area contributed by atoms with Gasteiger partial charge in [0.05, 0.1) is 17.6 Å². The van der Waals surface area contributed by atoms with Gasteiger partial charge in [-0.3, -0.25) is 0 Å². The van der Waals surface area contributed by atoms with Crippen LogP contribution in [-0.4, -0.2) is 16.2 Å². The molecule has 4 aromatic carbocycles. The molecule has 0 radical (unpaired) electrons. The molecule has 5 rings (SSSR count). The Hall–Kier alpha value is -3.59. The van der Waals surface area contributed by atoms with Crippen molar-refractivity contribution in [2.75, 3.05) is 6.61 Å². The highest BCUT2D eigenvalue weighted by atomic mass is 16.5. The topological polar surface area (TPSA) is 27.1 Å². The van der Waals surface area contributed by atoms with Crippen LogP contribution in [0.3, 0.4) is 0 Å². The van der Waals surface area contributed by atoms with Crippen molar-refractivity contribution in [1.29, 1.82) is 0 Å². The van der Waals surface area contributed by atoms with E-state index >= 15 is 0 Å². The second kappa shape index (κ2) is 8.42. The van der Waals surface area contributed by atoms with Gasteiger partial charge in [0, 0.05) is 18.4 Å². The lowest BCUT2D eigenvalue weighted by Gasteiger charge is -2.12. The van der Waals surface area contributed by atoms with E-state index in [1.165, 1.54) is 16.5 Å². The smallest absolute Gasteiger partial charge is 0.127 e. The normalized spacial score (nSPS) is 11.2. The van der Waals surface area contributed by atoms with E-state index in [4.69, 9.17) is 9.72 Å². The van der Waals surface area contributed by atoms with Gasteiger partial charge in [-0.2, -0.15) is 0 Å². The largest absolute Gasteiger partial charge is 0.493 e. The zero-order valence-electron chi connectivity index (χ0n) is 16.9. The van der Waals surface area contributed by atoms with E-state index in [9.17, 15) is 0 Å². The molecule has 1 heterocycles. The molecule has 0 N–H and O–H groups in total. The second-order valence-electron chi connectivity index (χ2n) is 7.51. The first-order valence-corrected chi connectivity index (χ1v) is 10.5. The minimum absolute atomic E-state index is 0.672. The van der Waals surface area contributed by atoms with Gasteiger partial charge in [-0.1, -0.05) is 78.9 Å². The Kier molecular flexibility index (Phi) is 5.17. The number of hydrogen-bond donors (Lipinski definition) is 0. The first-order chi connectivity index (χ1) is 14.9. The first kappa shape index (κ1) is 18.4. The number of aromatic nitrogens is 2. The summed E-state index contributed by atoms with van der Waals surface area (Å²) in [4.78, 5) is 4.91. The second-order valence-corrected chi connectivity index (χ2v) is 7.51. The highest BCUT2D eigenvalue weighted by molar-refractivity contribution is 5.88. The van der Waals surface area contributed by atoms with Gasteiger partial charge in [0.25, 0.3) is 0 Å². The van der Waals surface area contributed by atoms with Gasteiger partial charge in [-0.15, -0.1) is 0 Å². The molecule has 1 aromatic heterocycles. The fraction of sp³-hybridized carbons (Fsp3) is 0.148. The van der Waals surface area contributed by atoms with Crippen molar-refractivity contribution in [3.05, 3.63) is 108 Å². The number of hydrogen-bond acceptors (Lipinski definition) is 2. The Balaban J connectivity index is 1.33. The summed E-state index contributed by atoms with van der Waals surface area (Å²) >= 11 is 0. The van der Waals surface area contributed by atoms with Crippen LogP contribution in [0.4, 0.5) is 0 Å². The van der Waals surface area contributed by atoms with Crippen LogP contribution < -0.4 is 4.74 Å². The predicted octanol–water partition coefficient (Wildman–Crippen LogP) is 6.25. The summed E-state index contributed by atoms with van der Waals surface area (Å²) in [6.45, 7) is 1.55. The summed E-state index contributed by atoms with van der Waals surface area (Å²) in [6, 6.07) is 33.5. The van der Waals surface area contributed by atoms with E-state index in [1.54, 1.807) is 0 Å². The van der Waals surface area contributed by atoms with Crippen LogP contribution in [0.15, 0.2) is 97.1 Å². The Morgan fingerprint density at radius 1 is 0.733 bits per heavy atom. The van der Waals surface area contributed by atoms with Crippen molar-refractivity contribution >= 4 is 21.8 Å². The molecule has 0 aliphatic rings. The van der Waals surface area contributed by atoms with E-state index in [2.05, 4.69) is 102 Å². The lowest BCUT2D eigenvalue weighted by molar-refractivity contribution is 0.305. The number of nitrogens with zero attached hydrogens (tertiary/aromatic N) is 2. The molecule has 0 unspecified atom stereocenters. The Labute approximate surface area is 176 Å². The average molecular weight is 393 g/mol. The van der Waals surface area contributed by atoms with Crippen LogP contribution in [0.5, 0.6) is 5.75 Å². The molecule has 0 aliphatic heterocycles. The fourth-order valence-electron chi connectivity index (χ4n) is 4.01. The van der Waals surface area contributed by atoms with Crippen molar-refractivity contribution in [3.8, 4) is 5.75 Å². The SMILES string of the molecule is c1ccc(Cc2nc3ccccc3n2CCCOc2cccc3ccccc23)cc1. The third-order valence-corrected chi connectivity index (χ3v) is 5.47. The van der Waals surface area contributed by atoms with Gasteiger partial charge < -0.3 is 9.30 Å². The zero-order valence-corrected chi connectivity index (χ0v) is 16.9. The van der Waals surface area contributed by atoms with Crippen molar-refractivity contribution in [2.24, 2.45) is 0 Å². The number of benzene rings is 4. The molecule has 0 saturated carbocycles. The number of rotatable bonds is 7. The molecular weight excluding hydrogens is 368 g/mol. The van der Waals surface area contributed by atoms with Gasteiger partial charge in [0.1, 0.15) is 11.6 Å². The molecule has 0 fully saturated rings. The minimum Gasteiger partial charge on any atom is -0.493 e.